The Morgan fingerprint density at radius 3 is 2.12 bits per heavy atom. The number of hydrogen-bond acceptors (Lipinski definition) is 7. The zero-order valence-electron chi connectivity index (χ0n) is 13.2. The third-order valence-electron chi connectivity index (χ3n) is 4.02. The van der Waals surface area contributed by atoms with Crippen LogP contribution in [0.1, 0.15) is 17.2 Å². The van der Waals surface area contributed by atoms with Crippen LogP contribution in [-0.2, 0) is 14.3 Å². The van der Waals surface area contributed by atoms with Gasteiger partial charge in [0.2, 0.25) is 0 Å². The summed E-state index contributed by atoms with van der Waals surface area (Å²) in [6, 6.07) is 7.41. The summed E-state index contributed by atoms with van der Waals surface area (Å²) in [5.74, 6) is -5.16. The maximum atomic E-state index is 12.2. The van der Waals surface area contributed by atoms with Crippen molar-refractivity contribution in [3.05, 3.63) is 53.1 Å². The van der Waals surface area contributed by atoms with E-state index in [1.807, 2.05) is 0 Å². The van der Waals surface area contributed by atoms with Gasteiger partial charge in [0.1, 0.15) is 12.0 Å². The summed E-state index contributed by atoms with van der Waals surface area (Å²) in [6.07, 6.45) is 0.0593. The molecule has 8 heteroatoms. The Labute approximate surface area is 146 Å². The molecule has 0 aliphatic carbocycles. The maximum Gasteiger partial charge on any atom is 0.335 e. The van der Waals surface area contributed by atoms with Gasteiger partial charge in [-0.05, 0) is 41.5 Å². The Morgan fingerprint density at radius 1 is 0.923 bits per heavy atom. The largest absolute Gasteiger partial charge is 0.504 e. The minimum Gasteiger partial charge on any atom is -0.504 e. The van der Waals surface area contributed by atoms with E-state index in [9.17, 15) is 35.1 Å². The molecule has 0 amide bonds. The number of carboxylic acid groups (broad SMARTS) is 1. The smallest absolute Gasteiger partial charge is 0.335 e. The number of esters is 1. The van der Waals surface area contributed by atoms with Crippen LogP contribution in [0.2, 0.25) is 0 Å². The van der Waals surface area contributed by atoms with Crippen molar-refractivity contribution in [3.63, 3.8) is 0 Å². The van der Waals surface area contributed by atoms with E-state index < -0.39 is 35.5 Å². The summed E-state index contributed by atoms with van der Waals surface area (Å²) in [5.41, 5.74) is 0.353. The molecule has 2 aromatic carbocycles. The van der Waals surface area contributed by atoms with E-state index in [0.717, 1.165) is 12.1 Å². The highest BCUT2D eigenvalue weighted by atomic mass is 16.6. The van der Waals surface area contributed by atoms with Crippen LogP contribution in [0.5, 0.6) is 23.0 Å². The SMILES string of the molecule is O=C1O[C@H](c2ccc(O)c(O)c2)[C@H](C(=O)O)/C1=C\c1ccc(O)c(O)c1. The lowest BCUT2D eigenvalue weighted by Gasteiger charge is -2.15. The molecule has 26 heavy (non-hydrogen) atoms. The molecular formula is C18H14O8. The van der Waals surface area contributed by atoms with Crippen molar-refractivity contribution in [2.24, 2.45) is 5.92 Å². The highest BCUT2D eigenvalue weighted by molar-refractivity contribution is 6.02. The predicted octanol–water partition coefficient (Wildman–Crippen LogP) is 1.89. The second-order valence-electron chi connectivity index (χ2n) is 5.74. The van der Waals surface area contributed by atoms with Gasteiger partial charge in [-0.25, -0.2) is 4.79 Å². The van der Waals surface area contributed by atoms with Gasteiger partial charge in [-0.3, -0.25) is 4.79 Å². The molecule has 0 spiro atoms. The van der Waals surface area contributed by atoms with Crippen LogP contribution >= 0.6 is 0 Å². The Morgan fingerprint density at radius 2 is 1.54 bits per heavy atom. The first-order valence-electron chi connectivity index (χ1n) is 7.47. The first-order chi connectivity index (χ1) is 12.3. The number of ether oxygens (including phenoxy) is 1. The molecule has 1 saturated heterocycles. The Hall–Kier alpha value is -3.68. The fourth-order valence-electron chi connectivity index (χ4n) is 2.74. The highest BCUT2D eigenvalue weighted by Crippen LogP contribution is 2.42. The number of cyclic esters (lactones) is 1. The third kappa shape index (κ3) is 3.00. The molecule has 0 radical (unpaired) electrons. The lowest BCUT2D eigenvalue weighted by molar-refractivity contribution is -0.144. The predicted molar refractivity (Wildman–Crippen MR) is 87.5 cm³/mol. The van der Waals surface area contributed by atoms with Gasteiger partial charge in [-0.2, -0.15) is 0 Å². The first-order valence-corrected chi connectivity index (χ1v) is 7.47. The Balaban J connectivity index is 2.04. The van der Waals surface area contributed by atoms with Crippen molar-refractivity contribution in [1.29, 1.82) is 0 Å². The molecule has 5 N–H and O–H groups in total. The van der Waals surface area contributed by atoms with Gasteiger partial charge in [0.25, 0.3) is 0 Å². The monoisotopic (exact) mass is 358 g/mol. The van der Waals surface area contributed by atoms with Gasteiger partial charge in [-0.1, -0.05) is 12.1 Å². The van der Waals surface area contributed by atoms with Gasteiger partial charge < -0.3 is 30.3 Å². The van der Waals surface area contributed by atoms with Crippen molar-refractivity contribution in [2.75, 3.05) is 0 Å². The van der Waals surface area contributed by atoms with E-state index in [4.69, 9.17) is 4.74 Å². The van der Waals surface area contributed by atoms with E-state index in [1.165, 1.54) is 30.3 Å². The third-order valence-corrected chi connectivity index (χ3v) is 4.02. The van der Waals surface area contributed by atoms with E-state index in [0.29, 0.717) is 5.56 Å². The summed E-state index contributed by atoms with van der Waals surface area (Å²) in [5, 5.41) is 47.4. The van der Waals surface area contributed by atoms with Crippen LogP contribution in [0.3, 0.4) is 0 Å². The second kappa shape index (κ2) is 6.32. The van der Waals surface area contributed by atoms with Crippen molar-refractivity contribution in [1.82, 2.24) is 0 Å². The van der Waals surface area contributed by atoms with E-state index in [1.54, 1.807) is 0 Å². The number of rotatable bonds is 3. The molecular weight excluding hydrogens is 344 g/mol. The topological polar surface area (TPSA) is 145 Å². The number of benzene rings is 2. The number of aromatic hydroxyl groups is 4. The molecule has 2 atom stereocenters. The van der Waals surface area contributed by atoms with Crippen LogP contribution in [0.25, 0.3) is 6.08 Å². The van der Waals surface area contributed by atoms with Crippen molar-refractivity contribution in [2.45, 2.75) is 6.10 Å². The number of phenols is 4. The van der Waals surface area contributed by atoms with Gasteiger partial charge in [0.15, 0.2) is 23.0 Å². The van der Waals surface area contributed by atoms with Crippen molar-refractivity contribution < 1.29 is 39.9 Å². The van der Waals surface area contributed by atoms with E-state index in [2.05, 4.69) is 0 Å². The van der Waals surface area contributed by atoms with Crippen LogP contribution in [0.4, 0.5) is 0 Å². The van der Waals surface area contributed by atoms with Crippen LogP contribution < -0.4 is 0 Å². The van der Waals surface area contributed by atoms with Gasteiger partial charge >= 0.3 is 11.9 Å². The molecule has 1 aliphatic rings. The summed E-state index contributed by atoms with van der Waals surface area (Å²) < 4.78 is 5.16. The van der Waals surface area contributed by atoms with Gasteiger partial charge in [0, 0.05) is 0 Å². The average molecular weight is 358 g/mol. The molecule has 1 heterocycles. The summed E-state index contributed by atoms with van der Waals surface area (Å²) in [4.78, 5) is 23.9. The van der Waals surface area contributed by atoms with E-state index >= 15 is 0 Å². The standard InChI is InChI=1S/C18H14O8/c19-11-3-1-8(6-13(11)21)5-10-15(17(23)24)16(26-18(10)25)9-2-4-12(20)14(22)7-9/h1-7,15-16,19-22H,(H,23,24)/b10-5+/t15-,16-/m1/s1. The van der Waals surface area contributed by atoms with Crippen molar-refractivity contribution in [3.8, 4) is 23.0 Å². The summed E-state index contributed by atoms with van der Waals surface area (Å²) in [7, 11) is 0. The molecule has 0 bridgehead atoms. The Bertz CT molecular complexity index is 931. The summed E-state index contributed by atoms with van der Waals surface area (Å²) in [6.45, 7) is 0. The van der Waals surface area contributed by atoms with Crippen LogP contribution in [-0.4, -0.2) is 37.5 Å². The fourth-order valence-corrected chi connectivity index (χ4v) is 2.74. The highest BCUT2D eigenvalue weighted by Gasteiger charge is 2.45. The molecule has 2 aromatic rings. The minimum atomic E-state index is -1.36. The van der Waals surface area contributed by atoms with Gasteiger partial charge in [-0.15, -0.1) is 0 Å². The molecule has 0 saturated carbocycles. The molecule has 0 unspecified atom stereocenters. The second-order valence-corrected chi connectivity index (χ2v) is 5.74. The lowest BCUT2D eigenvalue weighted by atomic mass is 9.90. The van der Waals surface area contributed by atoms with E-state index in [-0.39, 0.29) is 22.6 Å². The molecule has 1 fully saturated rings. The van der Waals surface area contributed by atoms with Crippen molar-refractivity contribution >= 4 is 18.0 Å². The first kappa shape index (κ1) is 17.2. The molecule has 0 aromatic heterocycles. The number of carbonyl (C=O) groups excluding carboxylic acids is 1. The number of hydrogen-bond donors (Lipinski definition) is 5. The zero-order chi connectivity index (χ0) is 19.0. The quantitative estimate of drug-likeness (QED) is 0.318. The summed E-state index contributed by atoms with van der Waals surface area (Å²) >= 11 is 0. The molecule has 134 valence electrons. The van der Waals surface area contributed by atoms with Gasteiger partial charge in [0.05, 0.1) is 5.57 Å². The Kier molecular flexibility index (Phi) is 4.17. The minimum absolute atomic E-state index is 0.153. The number of aliphatic carboxylic acids is 1. The zero-order valence-corrected chi connectivity index (χ0v) is 13.2. The maximum absolute atomic E-state index is 12.2. The van der Waals surface area contributed by atoms with Crippen LogP contribution in [0, 0.1) is 5.92 Å². The normalized spacial score (nSPS) is 20.9. The molecule has 3 rings (SSSR count). The number of carbonyl (C=O) groups is 2. The lowest BCUT2D eigenvalue weighted by Crippen LogP contribution is -2.19. The average Bonchev–Trinajstić information content (AvgIpc) is 2.90. The fraction of sp³-hybridized carbons (Fsp3) is 0.111. The van der Waals surface area contributed by atoms with Crippen LogP contribution in [0.15, 0.2) is 42.0 Å². The molecule has 8 nitrogen and oxygen atoms in total. The molecule has 1 aliphatic heterocycles. The number of carboxylic acids is 1. The number of phenolic OH excluding ortho intramolecular Hbond substituents is 4.